The number of carbonyl (C=O) groups is 1. The molecule has 0 bridgehead atoms. The summed E-state index contributed by atoms with van der Waals surface area (Å²) in [7, 11) is 0.125. The van der Waals surface area contributed by atoms with Crippen LogP contribution < -0.4 is 10.1 Å². The van der Waals surface area contributed by atoms with Gasteiger partial charge in [0.2, 0.25) is 5.91 Å². The van der Waals surface area contributed by atoms with Crippen molar-refractivity contribution in [3.05, 3.63) is 41.8 Å². The zero-order valence-electron chi connectivity index (χ0n) is 12.7. The number of methoxy groups -OCH3 is 1. The molecular weight excluding hydrogens is 304 g/mol. The fourth-order valence-corrected chi connectivity index (χ4v) is 2.82. The molecule has 1 N–H and O–H groups in total. The number of hydrogen-bond donors (Lipinski definition) is 1. The maximum absolute atomic E-state index is 12.2. The number of carbonyl (C=O) groups excluding carboxylic acids is 1. The minimum atomic E-state index is -1.40. The highest BCUT2D eigenvalue weighted by molar-refractivity contribution is 7.85. The van der Waals surface area contributed by atoms with Gasteiger partial charge in [0.25, 0.3) is 0 Å². The molecule has 2 aromatic rings. The van der Waals surface area contributed by atoms with Crippen molar-refractivity contribution in [3.63, 3.8) is 0 Å². The number of para-hydroxylation sites is 2. The number of ether oxygens (including phenoxy) is 1. The third kappa shape index (κ3) is 3.94. The van der Waals surface area contributed by atoms with E-state index in [0.717, 1.165) is 5.69 Å². The molecule has 7 heteroatoms. The highest BCUT2D eigenvalue weighted by Crippen LogP contribution is 2.23. The Hall–Kier alpha value is -2.15. The number of amides is 1. The first kappa shape index (κ1) is 16.2. The molecular formula is C15H18N2O4S. The minimum absolute atomic E-state index is 0.154. The first-order valence-electron chi connectivity index (χ1n) is 6.74. The Morgan fingerprint density at radius 3 is 2.82 bits per heavy atom. The lowest BCUT2D eigenvalue weighted by molar-refractivity contribution is -0.115. The summed E-state index contributed by atoms with van der Waals surface area (Å²) in [6, 6.07) is 8.78. The van der Waals surface area contributed by atoms with Gasteiger partial charge in [0, 0.05) is 16.9 Å². The zero-order valence-corrected chi connectivity index (χ0v) is 13.5. The van der Waals surface area contributed by atoms with Crippen LogP contribution in [-0.2, 0) is 21.3 Å². The van der Waals surface area contributed by atoms with Crippen LogP contribution in [0.25, 0.3) is 0 Å². The third-order valence-electron chi connectivity index (χ3n) is 3.09. The van der Waals surface area contributed by atoms with Crippen LogP contribution in [0.5, 0.6) is 5.75 Å². The highest BCUT2D eigenvalue weighted by atomic mass is 32.2. The van der Waals surface area contributed by atoms with E-state index in [0.29, 0.717) is 17.2 Å². The van der Waals surface area contributed by atoms with Crippen molar-refractivity contribution >= 4 is 22.4 Å². The van der Waals surface area contributed by atoms with Crippen LogP contribution in [0.1, 0.15) is 18.4 Å². The lowest BCUT2D eigenvalue weighted by atomic mass is 10.3. The summed E-state index contributed by atoms with van der Waals surface area (Å²) in [5.41, 5.74) is 1.27. The van der Waals surface area contributed by atoms with Crippen LogP contribution in [0.4, 0.5) is 5.69 Å². The first-order chi connectivity index (χ1) is 10.5. The molecule has 1 amide bonds. The van der Waals surface area contributed by atoms with Crippen molar-refractivity contribution in [1.82, 2.24) is 5.16 Å². The molecule has 0 fully saturated rings. The molecule has 0 aliphatic carbocycles. The summed E-state index contributed by atoms with van der Waals surface area (Å²) in [6.45, 7) is 3.40. The van der Waals surface area contributed by atoms with Crippen molar-refractivity contribution in [3.8, 4) is 5.75 Å². The van der Waals surface area contributed by atoms with Gasteiger partial charge in [-0.25, -0.2) is 0 Å². The van der Waals surface area contributed by atoms with E-state index in [9.17, 15) is 9.00 Å². The van der Waals surface area contributed by atoms with Crippen LogP contribution >= 0.6 is 0 Å². The average Bonchev–Trinajstić information content (AvgIpc) is 2.92. The van der Waals surface area contributed by atoms with Crippen molar-refractivity contribution < 1.29 is 18.3 Å². The van der Waals surface area contributed by atoms with Gasteiger partial charge in [0.15, 0.2) is 0 Å². The van der Waals surface area contributed by atoms with Gasteiger partial charge in [-0.15, -0.1) is 0 Å². The number of aryl methyl sites for hydroxylation is 1. The topological polar surface area (TPSA) is 81.4 Å². The van der Waals surface area contributed by atoms with Gasteiger partial charge >= 0.3 is 0 Å². The number of nitrogens with zero attached hydrogens (tertiary/aromatic N) is 1. The van der Waals surface area contributed by atoms with Gasteiger partial charge in [-0.3, -0.25) is 9.00 Å². The van der Waals surface area contributed by atoms with E-state index >= 15 is 0 Å². The molecule has 2 atom stereocenters. The number of benzene rings is 1. The summed E-state index contributed by atoms with van der Waals surface area (Å²) in [6.07, 6.45) is 0. The minimum Gasteiger partial charge on any atom is -0.495 e. The summed E-state index contributed by atoms with van der Waals surface area (Å²) in [5.74, 6) is 0.882. The van der Waals surface area contributed by atoms with Gasteiger partial charge < -0.3 is 14.6 Å². The van der Waals surface area contributed by atoms with E-state index in [1.165, 1.54) is 7.11 Å². The molecule has 0 saturated carbocycles. The van der Waals surface area contributed by atoms with Crippen LogP contribution in [0, 0.1) is 6.92 Å². The van der Waals surface area contributed by atoms with Crippen molar-refractivity contribution in [2.45, 2.75) is 24.9 Å². The zero-order chi connectivity index (χ0) is 16.1. The largest absolute Gasteiger partial charge is 0.495 e. The van der Waals surface area contributed by atoms with E-state index in [-0.39, 0.29) is 11.7 Å². The Kier molecular flexibility index (Phi) is 5.32. The Labute approximate surface area is 131 Å². The quantitative estimate of drug-likeness (QED) is 0.882. The maximum Gasteiger partial charge on any atom is 0.239 e. The van der Waals surface area contributed by atoms with Crippen molar-refractivity contribution in [1.29, 1.82) is 0 Å². The molecule has 1 aromatic heterocycles. The van der Waals surface area contributed by atoms with E-state index in [1.807, 2.05) is 6.07 Å². The molecule has 0 saturated heterocycles. The monoisotopic (exact) mass is 322 g/mol. The molecule has 0 radical (unpaired) electrons. The number of aromatic nitrogens is 1. The second-order valence-electron chi connectivity index (χ2n) is 4.79. The molecule has 1 heterocycles. The van der Waals surface area contributed by atoms with Crippen LogP contribution in [-0.4, -0.2) is 27.6 Å². The van der Waals surface area contributed by atoms with Crippen LogP contribution in [0.2, 0.25) is 0 Å². The first-order valence-corrected chi connectivity index (χ1v) is 8.12. The molecule has 0 aliphatic heterocycles. The summed E-state index contributed by atoms with van der Waals surface area (Å²) >= 11 is 0. The van der Waals surface area contributed by atoms with E-state index in [1.54, 1.807) is 38.1 Å². The Morgan fingerprint density at radius 1 is 1.45 bits per heavy atom. The molecule has 0 spiro atoms. The second-order valence-corrected chi connectivity index (χ2v) is 6.55. The molecule has 0 aliphatic rings. The maximum atomic E-state index is 12.2. The van der Waals surface area contributed by atoms with Crippen LogP contribution in [0.15, 0.2) is 34.9 Å². The Balaban J connectivity index is 2.00. The highest BCUT2D eigenvalue weighted by Gasteiger charge is 2.22. The molecule has 6 nitrogen and oxygen atoms in total. The SMILES string of the molecule is COc1ccccc1NC(=O)C(C)S(=O)Cc1cc(C)no1. The predicted molar refractivity (Wildman–Crippen MR) is 84.2 cm³/mol. The molecule has 1 aromatic carbocycles. The fraction of sp³-hybridized carbons (Fsp3) is 0.333. The molecule has 2 rings (SSSR count). The third-order valence-corrected chi connectivity index (χ3v) is 4.66. The lowest BCUT2D eigenvalue weighted by Crippen LogP contribution is -2.29. The summed E-state index contributed by atoms with van der Waals surface area (Å²) < 4.78 is 22.4. The number of anilines is 1. The Morgan fingerprint density at radius 2 is 2.18 bits per heavy atom. The van der Waals surface area contributed by atoms with E-state index in [4.69, 9.17) is 9.26 Å². The predicted octanol–water partition coefficient (Wildman–Crippen LogP) is 2.27. The number of hydrogen-bond acceptors (Lipinski definition) is 5. The normalized spacial score (nSPS) is 13.4. The molecule has 2 unspecified atom stereocenters. The molecule has 22 heavy (non-hydrogen) atoms. The fourth-order valence-electron chi connectivity index (χ4n) is 1.85. The van der Waals surface area contributed by atoms with Gasteiger partial charge in [-0.2, -0.15) is 0 Å². The van der Waals surface area contributed by atoms with E-state index < -0.39 is 16.0 Å². The molecule has 118 valence electrons. The van der Waals surface area contributed by atoms with Gasteiger partial charge in [0.1, 0.15) is 16.8 Å². The average molecular weight is 322 g/mol. The van der Waals surface area contributed by atoms with Crippen LogP contribution in [0.3, 0.4) is 0 Å². The van der Waals surface area contributed by atoms with Gasteiger partial charge in [-0.1, -0.05) is 17.3 Å². The smallest absolute Gasteiger partial charge is 0.239 e. The summed E-state index contributed by atoms with van der Waals surface area (Å²) in [5, 5.41) is 5.78. The number of nitrogens with one attached hydrogen (secondary N) is 1. The van der Waals surface area contributed by atoms with Gasteiger partial charge in [-0.05, 0) is 26.0 Å². The second kappa shape index (κ2) is 7.22. The van der Waals surface area contributed by atoms with Crippen molar-refractivity contribution in [2.75, 3.05) is 12.4 Å². The van der Waals surface area contributed by atoms with Gasteiger partial charge in [0.05, 0.1) is 24.2 Å². The standard InChI is InChI=1S/C15H18N2O4S/c1-10-8-12(21-17-10)9-22(19)11(2)15(18)16-13-6-4-5-7-14(13)20-3/h4-8,11H,9H2,1-3H3,(H,16,18). The number of rotatable bonds is 6. The van der Waals surface area contributed by atoms with Crippen molar-refractivity contribution in [2.24, 2.45) is 0 Å². The Bertz CT molecular complexity index is 684. The lowest BCUT2D eigenvalue weighted by Gasteiger charge is -2.13. The summed E-state index contributed by atoms with van der Waals surface area (Å²) in [4.78, 5) is 12.2. The van der Waals surface area contributed by atoms with E-state index in [2.05, 4.69) is 10.5 Å².